The van der Waals surface area contributed by atoms with Crippen molar-refractivity contribution in [3.05, 3.63) is 53.8 Å². The van der Waals surface area contributed by atoms with Gasteiger partial charge >= 0.3 is 0 Å². The Bertz CT molecular complexity index is 1100. The standard InChI is InChI=1S/C27H35FN6O3/c1-36-23-4-2-3-21(28)27(23)34-24(35)17-22-26(31-34)25(30-29-22)18-5-7-19(8-6-18)32-11-9-20(10-12-32)33-13-15-37-16-14-33/h2-8,20,22,25-26,29-31H,9-17H2,1H3. The van der Waals surface area contributed by atoms with Gasteiger partial charge in [-0.1, -0.05) is 18.2 Å². The Hall–Kier alpha value is -2.76. The van der Waals surface area contributed by atoms with E-state index in [1.165, 1.54) is 36.7 Å². The number of para-hydroxylation sites is 1. The van der Waals surface area contributed by atoms with Crippen molar-refractivity contribution in [2.75, 3.05) is 56.4 Å². The van der Waals surface area contributed by atoms with Crippen LogP contribution in [-0.4, -0.2) is 75.4 Å². The lowest BCUT2D eigenvalue weighted by molar-refractivity contribution is -0.121. The van der Waals surface area contributed by atoms with Crippen molar-refractivity contribution in [2.24, 2.45) is 0 Å². The molecule has 1 amide bonds. The van der Waals surface area contributed by atoms with Crippen LogP contribution in [0.3, 0.4) is 0 Å². The molecule has 0 saturated carbocycles. The molecule has 198 valence electrons. The summed E-state index contributed by atoms with van der Waals surface area (Å²) in [6, 6.07) is 13.6. The molecule has 10 heteroatoms. The summed E-state index contributed by atoms with van der Waals surface area (Å²) in [4.78, 5) is 18.0. The lowest BCUT2D eigenvalue weighted by atomic mass is 9.93. The first-order chi connectivity index (χ1) is 18.1. The van der Waals surface area contributed by atoms with Gasteiger partial charge < -0.3 is 14.4 Å². The number of ether oxygens (including phenoxy) is 2. The van der Waals surface area contributed by atoms with Gasteiger partial charge in [0, 0.05) is 50.4 Å². The molecule has 9 nitrogen and oxygen atoms in total. The zero-order valence-electron chi connectivity index (χ0n) is 21.2. The van der Waals surface area contributed by atoms with Crippen LogP contribution in [0.2, 0.25) is 0 Å². The van der Waals surface area contributed by atoms with E-state index in [0.29, 0.717) is 11.8 Å². The number of methoxy groups -OCH3 is 1. The zero-order valence-corrected chi connectivity index (χ0v) is 21.2. The largest absolute Gasteiger partial charge is 0.494 e. The summed E-state index contributed by atoms with van der Waals surface area (Å²) in [6.45, 7) is 5.90. The Kier molecular flexibility index (Phi) is 7.00. The van der Waals surface area contributed by atoms with Crippen molar-refractivity contribution in [3.8, 4) is 5.75 Å². The van der Waals surface area contributed by atoms with Crippen LogP contribution in [0.5, 0.6) is 5.75 Å². The van der Waals surface area contributed by atoms with Crippen LogP contribution in [0.25, 0.3) is 0 Å². The van der Waals surface area contributed by atoms with Crippen LogP contribution in [0, 0.1) is 5.82 Å². The average Bonchev–Trinajstić information content (AvgIpc) is 3.36. The molecular formula is C27H35FN6O3. The fourth-order valence-corrected chi connectivity index (χ4v) is 6.13. The van der Waals surface area contributed by atoms with E-state index in [9.17, 15) is 9.18 Å². The van der Waals surface area contributed by atoms with Crippen LogP contribution < -0.4 is 30.9 Å². The van der Waals surface area contributed by atoms with E-state index >= 15 is 0 Å². The van der Waals surface area contributed by atoms with Gasteiger partial charge in [0.25, 0.3) is 0 Å². The summed E-state index contributed by atoms with van der Waals surface area (Å²) in [7, 11) is 1.48. The molecule has 3 N–H and O–H groups in total. The predicted molar refractivity (Wildman–Crippen MR) is 139 cm³/mol. The molecule has 2 aromatic rings. The molecule has 4 fully saturated rings. The van der Waals surface area contributed by atoms with E-state index in [4.69, 9.17) is 9.47 Å². The molecule has 0 aliphatic carbocycles. The zero-order chi connectivity index (χ0) is 25.4. The number of hydrogen-bond donors (Lipinski definition) is 3. The lowest BCUT2D eigenvalue weighted by Gasteiger charge is -2.41. The molecule has 0 spiro atoms. The van der Waals surface area contributed by atoms with Gasteiger partial charge in [0.2, 0.25) is 5.91 Å². The van der Waals surface area contributed by atoms with E-state index < -0.39 is 5.82 Å². The Labute approximate surface area is 216 Å². The molecule has 6 rings (SSSR count). The maximum Gasteiger partial charge on any atom is 0.243 e. The van der Waals surface area contributed by atoms with Gasteiger partial charge in [-0.05, 0) is 42.7 Å². The van der Waals surface area contributed by atoms with Gasteiger partial charge in [-0.3, -0.25) is 15.1 Å². The van der Waals surface area contributed by atoms with E-state index in [1.54, 1.807) is 12.1 Å². The first kappa shape index (κ1) is 24.6. The number of carbonyl (C=O) groups excluding carboxylic acids is 1. The normalized spacial score (nSPS) is 27.4. The summed E-state index contributed by atoms with van der Waals surface area (Å²) in [5, 5.41) is 1.31. The highest BCUT2D eigenvalue weighted by Gasteiger charge is 2.45. The maximum atomic E-state index is 14.8. The Morgan fingerprint density at radius 2 is 1.76 bits per heavy atom. The van der Waals surface area contributed by atoms with Crippen molar-refractivity contribution in [3.63, 3.8) is 0 Å². The molecule has 2 aromatic carbocycles. The number of piperidine rings is 1. The number of morpholine rings is 1. The van der Waals surface area contributed by atoms with Crippen LogP contribution in [0.4, 0.5) is 15.8 Å². The summed E-state index contributed by atoms with van der Waals surface area (Å²) in [5.41, 5.74) is 12.3. The summed E-state index contributed by atoms with van der Waals surface area (Å²) < 4.78 is 25.6. The molecule has 3 atom stereocenters. The SMILES string of the molecule is COc1cccc(F)c1N1NC2C(CC1=O)NNC2c1ccc(N2CCC(N3CCOCC3)CC2)cc1. The number of nitrogens with zero attached hydrogens (tertiary/aromatic N) is 3. The van der Waals surface area contributed by atoms with Crippen LogP contribution in [0.1, 0.15) is 30.9 Å². The van der Waals surface area contributed by atoms with E-state index in [2.05, 4.69) is 50.3 Å². The number of hydrazine groups is 2. The second kappa shape index (κ2) is 10.5. The molecule has 0 bridgehead atoms. The topological polar surface area (TPSA) is 81.3 Å². The molecule has 4 saturated heterocycles. The molecule has 4 heterocycles. The number of benzene rings is 2. The number of amides is 1. The van der Waals surface area contributed by atoms with Gasteiger partial charge in [0.05, 0.1) is 32.4 Å². The summed E-state index contributed by atoms with van der Waals surface area (Å²) in [6.07, 6.45) is 2.59. The average molecular weight is 511 g/mol. The Morgan fingerprint density at radius 3 is 2.49 bits per heavy atom. The van der Waals surface area contributed by atoms with E-state index in [1.807, 2.05) is 0 Å². The third-order valence-electron chi connectivity index (χ3n) is 8.18. The summed E-state index contributed by atoms with van der Waals surface area (Å²) in [5.74, 6) is -0.400. The lowest BCUT2D eigenvalue weighted by Crippen LogP contribution is -2.60. The number of rotatable bonds is 5. The fourth-order valence-electron chi connectivity index (χ4n) is 6.13. The van der Waals surface area contributed by atoms with Crippen molar-refractivity contribution in [1.29, 1.82) is 0 Å². The third-order valence-corrected chi connectivity index (χ3v) is 8.18. The Balaban J connectivity index is 1.13. The molecule has 0 aromatic heterocycles. The highest BCUT2D eigenvalue weighted by Crippen LogP contribution is 2.35. The fraction of sp³-hybridized carbons (Fsp3) is 0.519. The molecule has 4 aliphatic heterocycles. The maximum absolute atomic E-state index is 14.8. The quantitative estimate of drug-likeness (QED) is 0.564. The van der Waals surface area contributed by atoms with Gasteiger partial charge in [0.15, 0.2) is 5.82 Å². The van der Waals surface area contributed by atoms with Crippen molar-refractivity contribution in [1.82, 2.24) is 21.2 Å². The minimum atomic E-state index is -0.504. The number of fused-ring (bicyclic) bond motifs is 1. The van der Waals surface area contributed by atoms with Gasteiger partial charge in [-0.2, -0.15) is 0 Å². The molecule has 3 unspecified atom stereocenters. The predicted octanol–water partition coefficient (Wildman–Crippen LogP) is 1.96. The summed E-state index contributed by atoms with van der Waals surface area (Å²) >= 11 is 0. The highest BCUT2D eigenvalue weighted by atomic mass is 19.1. The van der Waals surface area contributed by atoms with Gasteiger partial charge in [-0.15, -0.1) is 0 Å². The molecular weight excluding hydrogens is 475 g/mol. The number of carbonyl (C=O) groups is 1. The third kappa shape index (κ3) is 4.80. The highest BCUT2D eigenvalue weighted by molar-refractivity contribution is 5.95. The van der Waals surface area contributed by atoms with Gasteiger partial charge in [0.1, 0.15) is 11.4 Å². The van der Waals surface area contributed by atoms with Crippen molar-refractivity contribution in [2.45, 2.75) is 43.4 Å². The monoisotopic (exact) mass is 510 g/mol. The van der Waals surface area contributed by atoms with E-state index in [-0.39, 0.29) is 36.1 Å². The van der Waals surface area contributed by atoms with Crippen LogP contribution in [-0.2, 0) is 9.53 Å². The minimum absolute atomic E-state index is 0.0838. The van der Waals surface area contributed by atoms with Crippen molar-refractivity contribution >= 4 is 17.3 Å². The van der Waals surface area contributed by atoms with Crippen molar-refractivity contribution < 1.29 is 18.7 Å². The minimum Gasteiger partial charge on any atom is -0.494 e. The first-order valence-electron chi connectivity index (χ1n) is 13.2. The second-order valence-electron chi connectivity index (χ2n) is 10.2. The molecule has 4 aliphatic rings. The number of hydrogen-bond acceptors (Lipinski definition) is 8. The Morgan fingerprint density at radius 1 is 1.00 bits per heavy atom. The van der Waals surface area contributed by atoms with Gasteiger partial charge in [-0.25, -0.2) is 20.3 Å². The molecule has 0 radical (unpaired) electrons. The number of anilines is 2. The van der Waals surface area contributed by atoms with E-state index in [0.717, 1.165) is 45.0 Å². The first-order valence-corrected chi connectivity index (χ1v) is 13.2. The van der Waals surface area contributed by atoms with Crippen LogP contribution >= 0.6 is 0 Å². The second-order valence-corrected chi connectivity index (χ2v) is 10.2. The molecule has 37 heavy (non-hydrogen) atoms. The number of nitrogens with one attached hydrogen (secondary N) is 3. The number of halogens is 1. The van der Waals surface area contributed by atoms with Crippen LogP contribution in [0.15, 0.2) is 42.5 Å². The smallest absolute Gasteiger partial charge is 0.243 e.